The lowest BCUT2D eigenvalue weighted by molar-refractivity contribution is -0.136. The average Bonchev–Trinajstić information content (AvgIpc) is 2.97. The molecule has 0 aliphatic heterocycles. The fourth-order valence-electron chi connectivity index (χ4n) is 2.69. The molecule has 0 fully saturated rings. The van der Waals surface area contributed by atoms with E-state index in [9.17, 15) is 13.2 Å². The molecule has 1 atom stereocenters. The van der Waals surface area contributed by atoms with Gasteiger partial charge in [-0.25, -0.2) is 4.68 Å². The number of fused-ring (bicyclic) bond motifs is 1. The lowest BCUT2D eigenvalue weighted by Gasteiger charge is -2.14. The zero-order valence-corrected chi connectivity index (χ0v) is 16.2. The summed E-state index contributed by atoms with van der Waals surface area (Å²) >= 11 is 3.52. The molecule has 9 heteroatoms. The minimum absolute atomic E-state index is 0.0210. The highest BCUT2D eigenvalue weighted by molar-refractivity contribution is 9.10. The van der Waals surface area contributed by atoms with Crippen LogP contribution >= 0.6 is 15.9 Å². The van der Waals surface area contributed by atoms with Gasteiger partial charge in [-0.05, 0) is 65.9 Å². The number of halogens is 4. The second kappa shape index (κ2) is 9.34. The van der Waals surface area contributed by atoms with Crippen LogP contribution in [-0.2, 0) is 6.54 Å². The molecule has 26 heavy (non-hydrogen) atoms. The number of hydrogen-bond donors (Lipinski definition) is 2. The molecule has 1 aromatic heterocycles. The van der Waals surface area contributed by atoms with Gasteiger partial charge in [0.1, 0.15) is 5.52 Å². The molecule has 0 saturated carbocycles. The van der Waals surface area contributed by atoms with Crippen molar-refractivity contribution in [2.24, 2.45) is 5.92 Å². The summed E-state index contributed by atoms with van der Waals surface area (Å²) in [4.78, 5) is 0. The van der Waals surface area contributed by atoms with Gasteiger partial charge < -0.3 is 10.7 Å². The van der Waals surface area contributed by atoms with Gasteiger partial charge in [-0.3, -0.25) is 0 Å². The zero-order chi connectivity index (χ0) is 19.2. The van der Waals surface area contributed by atoms with Crippen LogP contribution in [0.2, 0.25) is 0 Å². The van der Waals surface area contributed by atoms with Crippen LogP contribution in [0.25, 0.3) is 11.0 Å². The van der Waals surface area contributed by atoms with E-state index in [0.29, 0.717) is 17.0 Å². The van der Waals surface area contributed by atoms with Gasteiger partial charge in [0.2, 0.25) is 0 Å². The van der Waals surface area contributed by atoms with Crippen LogP contribution in [0.1, 0.15) is 39.0 Å². The molecule has 0 aliphatic rings. The van der Waals surface area contributed by atoms with Gasteiger partial charge >= 0.3 is 6.18 Å². The topological polar surface area (TPSA) is 66.6 Å². The minimum atomic E-state index is -4.15. The van der Waals surface area contributed by atoms with E-state index in [1.807, 2.05) is 12.1 Å². The van der Waals surface area contributed by atoms with Crippen LogP contribution in [-0.4, -0.2) is 33.9 Å². The van der Waals surface area contributed by atoms with Crippen molar-refractivity contribution in [3.05, 3.63) is 16.6 Å². The number of unbranched alkanes of at least 4 members (excludes halogenated alkanes) is 1. The number of aromatic nitrogens is 3. The Balaban J connectivity index is 1.99. The molecule has 0 bridgehead atoms. The van der Waals surface area contributed by atoms with E-state index in [-0.39, 0.29) is 13.0 Å². The first kappa shape index (κ1) is 20.7. The summed E-state index contributed by atoms with van der Waals surface area (Å²) in [5.41, 5.74) is 2.24. The minimum Gasteiger partial charge on any atom is -0.384 e. The Hall–Kier alpha value is -1.64. The van der Waals surface area contributed by atoms with E-state index in [4.69, 9.17) is 5.41 Å². The molecule has 0 spiro atoms. The molecule has 2 aromatic rings. The summed E-state index contributed by atoms with van der Waals surface area (Å²) in [7, 11) is 0. The lowest BCUT2D eigenvalue weighted by atomic mass is 10.0. The predicted molar refractivity (Wildman–Crippen MR) is 101 cm³/mol. The summed E-state index contributed by atoms with van der Waals surface area (Å²) in [6.07, 6.45) is -0.724. The number of nitrogens with zero attached hydrogens (tertiary/aromatic N) is 3. The molecule has 144 valence electrons. The molecule has 2 N–H and O–H groups in total. The van der Waals surface area contributed by atoms with Crippen molar-refractivity contribution >= 4 is 38.9 Å². The van der Waals surface area contributed by atoms with Crippen LogP contribution in [0.5, 0.6) is 0 Å². The molecule has 1 heterocycles. The van der Waals surface area contributed by atoms with Crippen molar-refractivity contribution in [3.63, 3.8) is 0 Å². The van der Waals surface area contributed by atoms with Crippen molar-refractivity contribution in [1.29, 1.82) is 5.41 Å². The largest absolute Gasteiger partial charge is 0.389 e. The number of anilines is 1. The Morgan fingerprint density at radius 3 is 2.81 bits per heavy atom. The number of hydrogen-bond acceptors (Lipinski definition) is 4. The van der Waals surface area contributed by atoms with Crippen LogP contribution < -0.4 is 5.32 Å². The van der Waals surface area contributed by atoms with Crippen LogP contribution in [0, 0.1) is 11.3 Å². The number of alkyl halides is 3. The van der Waals surface area contributed by atoms with Crippen LogP contribution in [0.15, 0.2) is 16.6 Å². The molecule has 2 rings (SSSR count). The highest BCUT2D eigenvalue weighted by atomic mass is 79.9. The highest BCUT2D eigenvalue weighted by Crippen LogP contribution is 2.30. The average molecular weight is 434 g/mol. The molecule has 0 radical (unpaired) electrons. The number of nitrogens with one attached hydrogen (secondary N) is 2. The van der Waals surface area contributed by atoms with Crippen molar-refractivity contribution in [2.45, 2.75) is 51.7 Å². The fourth-order valence-corrected chi connectivity index (χ4v) is 3.25. The Morgan fingerprint density at radius 2 is 2.12 bits per heavy atom. The zero-order valence-electron chi connectivity index (χ0n) is 14.6. The maximum absolute atomic E-state index is 12.3. The molecule has 0 aliphatic carbocycles. The predicted octanol–water partition coefficient (Wildman–Crippen LogP) is 5.40. The summed E-state index contributed by atoms with van der Waals surface area (Å²) < 4.78 is 39.1. The highest BCUT2D eigenvalue weighted by Gasteiger charge is 2.26. The summed E-state index contributed by atoms with van der Waals surface area (Å²) in [5, 5.41) is 18.5. The second-order valence-electron chi connectivity index (χ2n) is 6.45. The van der Waals surface area contributed by atoms with E-state index >= 15 is 0 Å². The third kappa shape index (κ3) is 5.96. The monoisotopic (exact) mass is 433 g/mol. The van der Waals surface area contributed by atoms with Gasteiger partial charge in [0, 0.05) is 19.5 Å². The molecule has 0 amide bonds. The van der Waals surface area contributed by atoms with E-state index < -0.39 is 12.6 Å². The molecule has 5 nitrogen and oxygen atoms in total. The first-order valence-corrected chi connectivity index (χ1v) is 9.42. The number of rotatable bonds is 10. The maximum Gasteiger partial charge on any atom is 0.389 e. The van der Waals surface area contributed by atoms with Gasteiger partial charge in [0.15, 0.2) is 0 Å². The van der Waals surface area contributed by atoms with Gasteiger partial charge in [-0.15, -0.1) is 5.10 Å². The standard InChI is InChI=1S/C17H23BrF3N5/c1-12(5-2-3-9-22)11-23-13-6-7-14-16(15(13)18)24-25-26(14)10-4-8-17(19,20)21/h6-7,9,12,22-23H,2-5,8,10-11H2,1H3. The Bertz CT molecular complexity index is 729. The van der Waals surface area contributed by atoms with Gasteiger partial charge in [-0.1, -0.05) is 12.1 Å². The third-order valence-corrected chi connectivity index (χ3v) is 4.94. The van der Waals surface area contributed by atoms with E-state index in [1.54, 1.807) is 0 Å². The smallest absolute Gasteiger partial charge is 0.384 e. The van der Waals surface area contributed by atoms with E-state index in [1.165, 1.54) is 10.9 Å². The summed E-state index contributed by atoms with van der Waals surface area (Å²) in [6.45, 7) is 3.13. The summed E-state index contributed by atoms with van der Waals surface area (Å²) in [5.74, 6) is 0.468. The van der Waals surface area contributed by atoms with Crippen molar-refractivity contribution in [1.82, 2.24) is 15.0 Å². The second-order valence-corrected chi connectivity index (χ2v) is 7.24. The molecular formula is C17H23BrF3N5. The first-order chi connectivity index (χ1) is 12.3. The van der Waals surface area contributed by atoms with Gasteiger partial charge in [-0.2, -0.15) is 13.2 Å². The lowest BCUT2D eigenvalue weighted by Crippen LogP contribution is -2.12. The Morgan fingerprint density at radius 1 is 1.35 bits per heavy atom. The van der Waals surface area contributed by atoms with Crippen molar-refractivity contribution in [2.75, 3.05) is 11.9 Å². The Labute approximate surface area is 159 Å². The van der Waals surface area contributed by atoms with E-state index in [0.717, 1.165) is 36.0 Å². The fraction of sp³-hybridized carbons (Fsp3) is 0.588. The van der Waals surface area contributed by atoms with Gasteiger partial charge in [0.25, 0.3) is 0 Å². The van der Waals surface area contributed by atoms with Crippen molar-refractivity contribution < 1.29 is 13.2 Å². The van der Waals surface area contributed by atoms with Gasteiger partial charge in [0.05, 0.1) is 15.7 Å². The molecule has 0 saturated heterocycles. The number of aryl methyl sites for hydroxylation is 1. The molecule has 1 unspecified atom stereocenters. The quantitative estimate of drug-likeness (QED) is 0.389. The Kier molecular flexibility index (Phi) is 7.43. The summed E-state index contributed by atoms with van der Waals surface area (Å²) in [6, 6.07) is 3.72. The van der Waals surface area contributed by atoms with Crippen LogP contribution in [0.3, 0.4) is 0 Å². The van der Waals surface area contributed by atoms with Crippen LogP contribution in [0.4, 0.5) is 18.9 Å². The first-order valence-electron chi connectivity index (χ1n) is 8.63. The number of benzene rings is 1. The molecular weight excluding hydrogens is 411 g/mol. The molecule has 1 aromatic carbocycles. The van der Waals surface area contributed by atoms with Crippen molar-refractivity contribution in [3.8, 4) is 0 Å². The van der Waals surface area contributed by atoms with E-state index in [2.05, 4.69) is 38.5 Å². The normalized spacial score (nSPS) is 13.1. The maximum atomic E-state index is 12.3. The third-order valence-electron chi connectivity index (χ3n) is 4.14. The SMILES string of the molecule is CC(CCCC=N)CNc1ccc2c(nnn2CCCC(F)(F)F)c1Br.